The van der Waals surface area contributed by atoms with E-state index in [4.69, 9.17) is 0 Å². The molecular weight excluding hydrogens is 310 g/mol. The van der Waals surface area contributed by atoms with Gasteiger partial charge in [-0.15, -0.1) is 0 Å². The SMILES string of the molecule is Cc1cc(C)c(C(C)Nc2cccc(C)c2Br)cc1C. The Morgan fingerprint density at radius 2 is 1.55 bits per heavy atom. The van der Waals surface area contributed by atoms with Crippen LogP contribution in [-0.2, 0) is 0 Å². The molecule has 0 bridgehead atoms. The largest absolute Gasteiger partial charge is 0.378 e. The number of anilines is 1. The highest BCUT2D eigenvalue weighted by Gasteiger charge is 2.12. The van der Waals surface area contributed by atoms with E-state index in [1.807, 2.05) is 0 Å². The minimum atomic E-state index is 0.285. The smallest absolute Gasteiger partial charge is 0.0492 e. The van der Waals surface area contributed by atoms with Gasteiger partial charge in [0.15, 0.2) is 0 Å². The molecule has 0 spiro atoms. The number of hydrogen-bond acceptors (Lipinski definition) is 1. The van der Waals surface area contributed by atoms with Crippen LogP contribution < -0.4 is 5.32 Å². The van der Waals surface area contributed by atoms with Crippen LogP contribution in [-0.4, -0.2) is 0 Å². The van der Waals surface area contributed by atoms with Gasteiger partial charge in [-0.05, 0) is 84.4 Å². The van der Waals surface area contributed by atoms with Crippen molar-refractivity contribution < 1.29 is 0 Å². The van der Waals surface area contributed by atoms with Crippen LogP contribution in [0, 0.1) is 27.7 Å². The number of rotatable bonds is 3. The van der Waals surface area contributed by atoms with Gasteiger partial charge >= 0.3 is 0 Å². The molecule has 2 rings (SSSR count). The van der Waals surface area contributed by atoms with Crippen LogP contribution in [0.4, 0.5) is 5.69 Å². The first-order chi connectivity index (χ1) is 9.40. The van der Waals surface area contributed by atoms with E-state index in [2.05, 4.69) is 86.2 Å². The molecule has 0 saturated carbocycles. The Balaban J connectivity index is 2.31. The van der Waals surface area contributed by atoms with Gasteiger partial charge in [0.1, 0.15) is 0 Å². The zero-order valence-corrected chi connectivity index (χ0v) is 14.4. The first kappa shape index (κ1) is 15.1. The third kappa shape index (κ3) is 3.06. The van der Waals surface area contributed by atoms with Crippen LogP contribution in [0.2, 0.25) is 0 Å². The Morgan fingerprint density at radius 3 is 2.25 bits per heavy atom. The number of halogens is 1. The molecule has 0 heterocycles. The molecule has 0 aliphatic heterocycles. The summed E-state index contributed by atoms with van der Waals surface area (Å²) >= 11 is 3.66. The van der Waals surface area contributed by atoms with Gasteiger partial charge in [0.25, 0.3) is 0 Å². The van der Waals surface area contributed by atoms with Crippen LogP contribution in [0.1, 0.15) is 40.8 Å². The average molecular weight is 332 g/mol. The predicted octanol–water partition coefficient (Wildman–Crippen LogP) is 5.86. The van der Waals surface area contributed by atoms with Crippen molar-refractivity contribution in [3.63, 3.8) is 0 Å². The molecule has 2 aromatic carbocycles. The average Bonchev–Trinajstić information content (AvgIpc) is 2.39. The maximum atomic E-state index is 3.66. The van der Waals surface area contributed by atoms with Gasteiger partial charge in [-0.3, -0.25) is 0 Å². The molecule has 1 nitrogen and oxygen atoms in total. The van der Waals surface area contributed by atoms with E-state index in [9.17, 15) is 0 Å². The molecule has 2 heteroatoms. The molecule has 2 aromatic rings. The summed E-state index contributed by atoms with van der Waals surface area (Å²) in [6.07, 6.45) is 0. The van der Waals surface area contributed by atoms with Crippen LogP contribution in [0.3, 0.4) is 0 Å². The lowest BCUT2D eigenvalue weighted by molar-refractivity contribution is 0.869. The lowest BCUT2D eigenvalue weighted by Crippen LogP contribution is -2.09. The molecule has 0 saturated heterocycles. The lowest BCUT2D eigenvalue weighted by Gasteiger charge is -2.20. The number of nitrogens with one attached hydrogen (secondary N) is 1. The second-order valence-electron chi connectivity index (χ2n) is 5.60. The van der Waals surface area contributed by atoms with Crippen molar-refractivity contribution in [2.45, 2.75) is 40.7 Å². The second kappa shape index (κ2) is 6.01. The van der Waals surface area contributed by atoms with Crippen molar-refractivity contribution in [1.82, 2.24) is 0 Å². The normalized spacial score (nSPS) is 12.3. The third-order valence-electron chi connectivity index (χ3n) is 3.91. The van der Waals surface area contributed by atoms with E-state index in [-0.39, 0.29) is 6.04 Å². The quantitative estimate of drug-likeness (QED) is 0.743. The van der Waals surface area contributed by atoms with Crippen molar-refractivity contribution in [3.05, 3.63) is 62.6 Å². The first-order valence-corrected chi connectivity index (χ1v) is 7.79. The highest BCUT2D eigenvalue weighted by molar-refractivity contribution is 9.10. The number of aryl methyl sites for hydroxylation is 4. The molecule has 1 atom stereocenters. The van der Waals surface area contributed by atoms with Gasteiger partial charge in [-0.25, -0.2) is 0 Å². The predicted molar refractivity (Wildman–Crippen MR) is 91.6 cm³/mol. The Kier molecular flexibility index (Phi) is 4.54. The fourth-order valence-electron chi connectivity index (χ4n) is 2.52. The molecule has 1 unspecified atom stereocenters. The van der Waals surface area contributed by atoms with Gasteiger partial charge < -0.3 is 5.32 Å². The monoisotopic (exact) mass is 331 g/mol. The van der Waals surface area contributed by atoms with E-state index < -0.39 is 0 Å². The maximum absolute atomic E-state index is 3.66. The highest BCUT2D eigenvalue weighted by atomic mass is 79.9. The fraction of sp³-hybridized carbons (Fsp3) is 0.333. The van der Waals surface area contributed by atoms with E-state index >= 15 is 0 Å². The van der Waals surface area contributed by atoms with Crippen molar-refractivity contribution >= 4 is 21.6 Å². The zero-order chi connectivity index (χ0) is 14.9. The fourth-order valence-corrected chi connectivity index (χ4v) is 2.90. The standard InChI is InChI=1S/C18H22BrN/c1-11-7-6-8-17(18(11)19)20-15(5)16-10-13(3)12(2)9-14(16)4/h6-10,15,20H,1-5H3. The Morgan fingerprint density at radius 1 is 0.900 bits per heavy atom. The summed E-state index contributed by atoms with van der Waals surface area (Å²) < 4.78 is 1.15. The number of hydrogen-bond donors (Lipinski definition) is 1. The summed E-state index contributed by atoms with van der Waals surface area (Å²) in [6.45, 7) is 10.9. The van der Waals surface area contributed by atoms with E-state index in [0.717, 1.165) is 10.2 Å². The molecule has 106 valence electrons. The van der Waals surface area contributed by atoms with Crippen LogP contribution in [0.5, 0.6) is 0 Å². The van der Waals surface area contributed by atoms with Crippen molar-refractivity contribution in [1.29, 1.82) is 0 Å². The number of benzene rings is 2. The Hall–Kier alpha value is -1.28. The summed E-state index contributed by atoms with van der Waals surface area (Å²) in [5.41, 5.74) is 7.81. The van der Waals surface area contributed by atoms with E-state index in [1.165, 1.54) is 27.8 Å². The molecule has 0 aliphatic rings. The summed E-state index contributed by atoms with van der Waals surface area (Å²) in [5.74, 6) is 0. The lowest BCUT2D eigenvalue weighted by atomic mass is 9.96. The topological polar surface area (TPSA) is 12.0 Å². The second-order valence-corrected chi connectivity index (χ2v) is 6.39. The van der Waals surface area contributed by atoms with Crippen LogP contribution in [0.15, 0.2) is 34.8 Å². The van der Waals surface area contributed by atoms with Gasteiger partial charge in [0, 0.05) is 16.2 Å². The summed E-state index contributed by atoms with van der Waals surface area (Å²) in [7, 11) is 0. The van der Waals surface area contributed by atoms with Gasteiger partial charge in [-0.1, -0.05) is 24.3 Å². The molecule has 0 aliphatic carbocycles. The minimum absolute atomic E-state index is 0.285. The Labute approximate surface area is 130 Å². The molecular formula is C18H22BrN. The molecule has 0 radical (unpaired) electrons. The van der Waals surface area contributed by atoms with Crippen LogP contribution in [0.25, 0.3) is 0 Å². The molecule has 0 fully saturated rings. The third-order valence-corrected chi connectivity index (χ3v) is 4.97. The minimum Gasteiger partial charge on any atom is -0.378 e. The summed E-state index contributed by atoms with van der Waals surface area (Å²) in [6, 6.07) is 11.2. The Bertz CT molecular complexity index is 632. The highest BCUT2D eigenvalue weighted by Crippen LogP contribution is 2.30. The molecule has 0 aromatic heterocycles. The van der Waals surface area contributed by atoms with Crippen molar-refractivity contribution in [2.24, 2.45) is 0 Å². The van der Waals surface area contributed by atoms with Crippen molar-refractivity contribution in [3.8, 4) is 0 Å². The summed E-state index contributed by atoms with van der Waals surface area (Å²) in [5, 5.41) is 3.61. The molecule has 1 N–H and O–H groups in total. The molecule has 20 heavy (non-hydrogen) atoms. The zero-order valence-electron chi connectivity index (χ0n) is 12.8. The maximum Gasteiger partial charge on any atom is 0.0492 e. The van der Waals surface area contributed by atoms with E-state index in [0.29, 0.717) is 0 Å². The van der Waals surface area contributed by atoms with Crippen LogP contribution >= 0.6 is 15.9 Å². The van der Waals surface area contributed by atoms with Gasteiger partial charge in [0.05, 0.1) is 0 Å². The summed E-state index contributed by atoms with van der Waals surface area (Å²) in [4.78, 5) is 0. The van der Waals surface area contributed by atoms with Crippen molar-refractivity contribution in [2.75, 3.05) is 5.32 Å². The van der Waals surface area contributed by atoms with E-state index in [1.54, 1.807) is 0 Å². The van der Waals surface area contributed by atoms with Gasteiger partial charge in [0.2, 0.25) is 0 Å². The van der Waals surface area contributed by atoms with Gasteiger partial charge in [-0.2, -0.15) is 0 Å². The molecule has 0 amide bonds. The first-order valence-electron chi connectivity index (χ1n) is 6.99.